The van der Waals surface area contributed by atoms with Crippen LogP contribution in [0.15, 0.2) is 29.2 Å². The Morgan fingerprint density at radius 2 is 2.00 bits per heavy atom. The third-order valence-electron chi connectivity index (χ3n) is 2.55. The minimum Gasteiger partial charge on any atom is -0.480 e. The molecule has 0 fully saturated rings. The molecule has 0 saturated carbocycles. The van der Waals surface area contributed by atoms with Crippen LogP contribution in [0.3, 0.4) is 0 Å². The fraction of sp³-hybridized carbons (Fsp3) is 0.308. The summed E-state index contributed by atoms with van der Waals surface area (Å²) >= 11 is 1.38. The van der Waals surface area contributed by atoms with Crippen LogP contribution in [0.25, 0.3) is 0 Å². The molecular formula is C13H15NO5S. The van der Waals surface area contributed by atoms with Crippen molar-refractivity contribution in [2.45, 2.75) is 17.4 Å². The van der Waals surface area contributed by atoms with E-state index in [1.807, 2.05) is 6.26 Å². The van der Waals surface area contributed by atoms with Crippen molar-refractivity contribution in [3.63, 3.8) is 0 Å². The monoisotopic (exact) mass is 297 g/mol. The number of methoxy groups -OCH3 is 1. The summed E-state index contributed by atoms with van der Waals surface area (Å²) in [5, 5.41) is 11.3. The second-order valence-electron chi connectivity index (χ2n) is 3.84. The van der Waals surface area contributed by atoms with Crippen molar-refractivity contribution >= 4 is 29.6 Å². The Balaban J connectivity index is 2.85. The molecule has 108 valence electrons. The normalized spacial score (nSPS) is 11.5. The number of amides is 1. The third-order valence-corrected chi connectivity index (χ3v) is 3.35. The zero-order valence-corrected chi connectivity index (χ0v) is 11.9. The number of carbonyl (C=O) groups excluding carboxylic acids is 2. The van der Waals surface area contributed by atoms with Crippen molar-refractivity contribution in [2.24, 2.45) is 0 Å². The van der Waals surface area contributed by atoms with Gasteiger partial charge in [-0.25, -0.2) is 4.79 Å². The largest absolute Gasteiger partial charge is 0.480 e. The maximum Gasteiger partial charge on any atom is 0.326 e. The number of thioether (sulfide) groups is 1. The van der Waals surface area contributed by atoms with E-state index in [0.29, 0.717) is 5.56 Å². The number of aliphatic carboxylic acids is 1. The van der Waals surface area contributed by atoms with Crippen molar-refractivity contribution in [1.82, 2.24) is 5.32 Å². The molecule has 0 saturated heterocycles. The van der Waals surface area contributed by atoms with E-state index in [4.69, 9.17) is 5.11 Å². The molecule has 1 atom stereocenters. The number of benzene rings is 1. The molecule has 7 heteroatoms. The number of hydrogen-bond donors (Lipinski definition) is 2. The number of esters is 1. The van der Waals surface area contributed by atoms with Gasteiger partial charge in [-0.3, -0.25) is 9.59 Å². The van der Waals surface area contributed by atoms with Gasteiger partial charge in [0, 0.05) is 4.90 Å². The molecule has 0 aliphatic rings. The molecule has 1 rings (SSSR count). The Hall–Kier alpha value is -2.02. The molecule has 1 amide bonds. The Morgan fingerprint density at radius 3 is 2.55 bits per heavy atom. The predicted molar refractivity (Wildman–Crippen MR) is 73.7 cm³/mol. The lowest BCUT2D eigenvalue weighted by molar-refractivity contribution is -0.147. The summed E-state index contributed by atoms with van der Waals surface area (Å²) in [4.78, 5) is 35.0. The summed E-state index contributed by atoms with van der Waals surface area (Å²) in [6, 6.07) is 5.51. The van der Waals surface area contributed by atoms with Gasteiger partial charge in [-0.1, -0.05) is 12.1 Å². The van der Waals surface area contributed by atoms with Crippen molar-refractivity contribution in [1.29, 1.82) is 0 Å². The molecule has 20 heavy (non-hydrogen) atoms. The van der Waals surface area contributed by atoms with Crippen LogP contribution in [0.4, 0.5) is 0 Å². The summed E-state index contributed by atoms with van der Waals surface area (Å²) in [7, 11) is 1.16. The fourth-order valence-electron chi connectivity index (χ4n) is 1.52. The van der Waals surface area contributed by atoms with Crippen LogP contribution < -0.4 is 5.32 Å². The van der Waals surface area contributed by atoms with Gasteiger partial charge in [-0.15, -0.1) is 11.8 Å². The Morgan fingerprint density at radius 1 is 1.35 bits per heavy atom. The predicted octanol–water partition coefficient (Wildman–Crippen LogP) is 1.15. The smallest absolute Gasteiger partial charge is 0.326 e. The van der Waals surface area contributed by atoms with Gasteiger partial charge in [-0.05, 0) is 18.4 Å². The second-order valence-corrected chi connectivity index (χ2v) is 4.69. The van der Waals surface area contributed by atoms with Crippen LogP contribution in [0.1, 0.15) is 16.8 Å². The highest BCUT2D eigenvalue weighted by Gasteiger charge is 2.24. The minimum atomic E-state index is -1.31. The van der Waals surface area contributed by atoms with Crippen molar-refractivity contribution in [2.75, 3.05) is 13.4 Å². The van der Waals surface area contributed by atoms with Crippen LogP contribution in [-0.4, -0.2) is 42.4 Å². The van der Waals surface area contributed by atoms with Crippen LogP contribution >= 0.6 is 11.8 Å². The van der Waals surface area contributed by atoms with Crippen LogP contribution in [-0.2, 0) is 14.3 Å². The molecule has 1 aromatic rings. The van der Waals surface area contributed by atoms with Gasteiger partial charge >= 0.3 is 11.9 Å². The summed E-state index contributed by atoms with van der Waals surface area (Å²) in [6.45, 7) is 0. The molecular weight excluding hydrogens is 282 g/mol. The number of rotatable bonds is 6. The van der Waals surface area contributed by atoms with Gasteiger partial charge in [0.1, 0.15) is 6.04 Å². The minimum absolute atomic E-state index is 0.371. The Bertz CT molecular complexity index is 517. The van der Waals surface area contributed by atoms with Gasteiger partial charge in [0.15, 0.2) is 0 Å². The number of carboxylic acid groups (broad SMARTS) is 1. The lowest BCUT2D eigenvalue weighted by Gasteiger charge is -2.14. The van der Waals surface area contributed by atoms with E-state index < -0.39 is 30.3 Å². The van der Waals surface area contributed by atoms with Crippen molar-refractivity contribution in [3.05, 3.63) is 29.8 Å². The summed E-state index contributed by atoms with van der Waals surface area (Å²) in [5.74, 6) is -2.52. The van der Waals surface area contributed by atoms with E-state index in [0.717, 1.165) is 12.0 Å². The van der Waals surface area contributed by atoms with E-state index in [9.17, 15) is 14.4 Å². The Kier molecular flexibility index (Phi) is 6.05. The van der Waals surface area contributed by atoms with Crippen LogP contribution in [0, 0.1) is 0 Å². The molecule has 0 unspecified atom stereocenters. The van der Waals surface area contributed by atoms with Crippen LogP contribution in [0.5, 0.6) is 0 Å². The van der Waals surface area contributed by atoms with Crippen LogP contribution in [0.2, 0.25) is 0 Å². The second kappa shape index (κ2) is 7.54. The number of carbonyl (C=O) groups is 3. The average molecular weight is 297 g/mol. The molecule has 0 spiro atoms. The van der Waals surface area contributed by atoms with Crippen molar-refractivity contribution < 1.29 is 24.2 Å². The number of carboxylic acids is 1. The SMILES string of the molecule is COC(=O)C[C@H](NC(=O)c1ccccc1SC)C(=O)O. The van der Waals surface area contributed by atoms with E-state index in [-0.39, 0.29) is 0 Å². The summed E-state index contributed by atoms with van der Waals surface area (Å²) in [5.41, 5.74) is 0.371. The quantitative estimate of drug-likeness (QED) is 0.604. The van der Waals surface area contributed by atoms with E-state index >= 15 is 0 Å². The summed E-state index contributed by atoms with van der Waals surface area (Å²) < 4.78 is 4.41. The molecule has 0 aliphatic carbocycles. The third kappa shape index (κ3) is 4.27. The zero-order valence-electron chi connectivity index (χ0n) is 11.1. The van der Waals surface area contributed by atoms with E-state index in [1.165, 1.54) is 11.8 Å². The number of nitrogens with one attached hydrogen (secondary N) is 1. The Labute approximate surface area is 120 Å². The van der Waals surface area contributed by atoms with Gasteiger partial charge < -0.3 is 15.2 Å². The topological polar surface area (TPSA) is 92.7 Å². The highest BCUT2D eigenvalue weighted by Crippen LogP contribution is 2.19. The molecule has 0 aromatic heterocycles. The zero-order chi connectivity index (χ0) is 15.1. The number of hydrogen-bond acceptors (Lipinski definition) is 5. The molecule has 6 nitrogen and oxygen atoms in total. The molecule has 0 bridgehead atoms. The first kappa shape index (κ1) is 16.0. The first-order chi connectivity index (χ1) is 9.49. The van der Waals surface area contributed by atoms with E-state index in [2.05, 4.69) is 10.1 Å². The highest BCUT2D eigenvalue weighted by molar-refractivity contribution is 7.98. The lowest BCUT2D eigenvalue weighted by atomic mass is 10.1. The fourth-order valence-corrected chi connectivity index (χ4v) is 2.11. The van der Waals surface area contributed by atoms with Gasteiger partial charge in [0.05, 0.1) is 19.1 Å². The van der Waals surface area contributed by atoms with Gasteiger partial charge in [-0.2, -0.15) is 0 Å². The lowest BCUT2D eigenvalue weighted by Crippen LogP contribution is -2.42. The number of ether oxygens (including phenoxy) is 1. The van der Waals surface area contributed by atoms with Gasteiger partial charge in [0.25, 0.3) is 5.91 Å². The molecule has 2 N–H and O–H groups in total. The molecule has 1 aromatic carbocycles. The standard InChI is InChI=1S/C13H15NO5S/c1-19-11(15)7-9(13(17)18)14-12(16)8-5-3-4-6-10(8)20-2/h3-6,9H,7H2,1-2H3,(H,14,16)(H,17,18)/t9-/m0/s1. The van der Waals surface area contributed by atoms with E-state index in [1.54, 1.807) is 24.3 Å². The maximum absolute atomic E-state index is 12.1. The first-order valence-corrected chi connectivity index (χ1v) is 6.95. The maximum atomic E-state index is 12.1. The van der Waals surface area contributed by atoms with Crippen molar-refractivity contribution in [3.8, 4) is 0 Å². The summed E-state index contributed by atoms with van der Waals surface area (Å²) in [6.07, 6.45) is 1.40. The first-order valence-electron chi connectivity index (χ1n) is 5.73. The molecule has 0 heterocycles. The average Bonchev–Trinajstić information content (AvgIpc) is 2.45. The highest BCUT2D eigenvalue weighted by atomic mass is 32.2. The molecule has 0 aliphatic heterocycles. The van der Waals surface area contributed by atoms with Gasteiger partial charge in [0.2, 0.25) is 0 Å². The molecule has 0 radical (unpaired) electrons.